The molecule has 0 aliphatic carbocycles. The lowest BCUT2D eigenvalue weighted by Gasteiger charge is -2.25. The highest BCUT2D eigenvalue weighted by Crippen LogP contribution is 2.16. The molecule has 24 heavy (non-hydrogen) atoms. The van der Waals surface area contributed by atoms with Crippen LogP contribution in [-0.2, 0) is 0 Å². The molecule has 1 aromatic carbocycles. The van der Waals surface area contributed by atoms with Crippen LogP contribution in [0.1, 0.15) is 13.3 Å². The van der Waals surface area contributed by atoms with Crippen LogP contribution in [0.5, 0.6) is 0 Å². The molecule has 0 saturated carbocycles. The van der Waals surface area contributed by atoms with Crippen molar-refractivity contribution >= 4 is 23.3 Å². The third-order valence-electron chi connectivity index (χ3n) is 4.85. The number of halogens is 1. The number of hydrogen-bond donors (Lipinski definition) is 3. The maximum Gasteiger partial charge on any atom is 0.321 e. The quantitative estimate of drug-likeness (QED) is 0.779. The third kappa shape index (κ3) is 4.60. The van der Waals surface area contributed by atoms with Crippen molar-refractivity contribution in [1.29, 1.82) is 0 Å². The molecule has 0 bridgehead atoms. The second-order valence-electron chi connectivity index (χ2n) is 6.66. The van der Waals surface area contributed by atoms with Gasteiger partial charge in [0.1, 0.15) is 0 Å². The van der Waals surface area contributed by atoms with Gasteiger partial charge < -0.3 is 15.1 Å². The zero-order valence-electron chi connectivity index (χ0n) is 14.1. The van der Waals surface area contributed by atoms with Gasteiger partial charge in [-0.05, 0) is 38.1 Å². The van der Waals surface area contributed by atoms with Crippen LogP contribution >= 0.6 is 11.6 Å². The Labute approximate surface area is 148 Å². The molecule has 2 heterocycles. The number of nitrogens with zero attached hydrogens (tertiary/aromatic N) is 2. The Morgan fingerprint density at radius 3 is 2.96 bits per heavy atom. The van der Waals surface area contributed by atoms with E-state index in [0.717, 1.165) is 51.4 Å². The number of hydrogen-bond acceptors (Lipinski definition) is 4. The number of nitrogens with one attached hydrogen (secondary N) is 3. The van der Waals surface area contributed by atoms with Gasteiger partial charge in [-0.25, -0.2) is 4.79 Å². The Hall–Kier alpha value is -1.34. The van der Waals surface area contributed by atoms with Gasteiger partial charge in [-0.15, -0.1) is 0 Å². The van der Waals surface area contributed by atoms with Gasteiger partial charge >= 0.3 is 6.03 Å². The van der Waals surface area contributed by atoms with Crippen molar-refractivity contribution in [2.24, 2.45) is 5.92 Å². The van der Waals surface area contributed by atoms with Gasteiger partial charge in [-0.3, -0.25) is 10.9 Å². The van der Waals surface area contributed by atoms with Crippen molar-refractivity contribution in [1.82, 2.24) is 20.7 Å². The van der Waals surface area contributed by atoms with Crippen LogP contribution < -0.4 is 16.2 Å². The van der Waals surface area contributed by atoms with Crippen LogP contribution in [0.2, 0.25) is 5.02 Å². The molecule has 132 valence electrons. The zero-order valence-corrected chi connectivity index (χ0v) is 14.9. The van der Waals surface area contributed by atoms with E-state index in [1.54, 1.807) is 12.1 Å². The van der Waals surface area contributed by atoms with E-state index in [-0.39, 0.29) is 6.03 Å². The molecule has 2 amide bonds. The summed E-state index contributed by atoms with van der Waals surface area (Å²) < 4.78 is 0. The number of urea groups is 1. The number of carbonyl (C=O) groups is 1. The Morgan fingerprint density at radius 2 is 2.21 bits per heavy atom. The minimum absolute atomic E-state index is 0.0447. The molecular formula is C17H26ClN5O. The van der Waals surface area contributed by atoms with Gasteiger partial charge in [0.2, 0.25) is 0 Å². The molecule has 1 aromatic rings. The summed E-state index contributed by atoms with van der Waals surface area (Å²) in [4.78, 5) is 16.8. The number of rotatable bonds is 3. The first-order valence-corrected chi connectivity index (χ1v) is 9.02. The molecule has 0 aromatic heterocycles. The predicted molar refractivity (Wildman–Crippen MR) is 97.2 cm³/mol. The molecule has 3 N–H and O–H groups in total. The number of benzene rings is 1. The molecule has 7 heteroatoms. The maximum atomic E-state index is 12.5. The minimum Gasteiger partial charge on any atom is -0.323 e. The third-order valence-corrected chi connectivity index (χ3v) is 5.08. The van der Waals surface area contributed by atoms with Crippen molar-refractivity contribution in [2.75, 3.05) is 44.6 Å². The molecule has 2 fully saturated rings. The van der Waals surface area contributed by atoms with E-state index >= 15 is 0 Å². The van der Waals surface area contributed by atoms with Crippen LogP contribution in [0.15, 0.2) is 24.3 Å². The highest BCUT2D eigenvalue weighted by Gasteiger charge is 2.26. The first-order chi connectivity index (χ1) is 11.6. The second kappa shape index (κ2) is 8.16. The van der Waals surface area contributed by atoms with E-state index in [2.05, 4.69) is 28.0 Å². The number of anilines is 1. The van der Waals surface area contributed by atoms with Gasteiger partial charge in [0.15, 0.2) is 0 Å². The van der Waals surface area contributed by atoms with Crippen LogP contribution in [0.25, 0.3) is 0 Å². The molecule has 2 saturated heterocycles. The summed E-state index contributed by atoms with van der Waals surface area (Å²) in [6, 6.07) is 7.72. The maximum absolute atomic E-state index is 12.5. The largest absolute Gasteiger partial charge is 0.323 e. The summed E-state index contributed by atoms with van der Waals surface area (Å²) in [5, 5.41) is 3.57. The Morgan fingerprint density at radius 1 is 1.33 bits per heavy atom. The molecule has 0 spiro atoms. The summed E-state index contributed by atoms with van der Waals surface area (Å²) in [5.74, 6) is 0.622. The van der Waals surface area contributed by atoms with Gasteiger partial charge in [0.25, 0.3) is 0 Å². The number of carbonyl (C=O) groups excluding carboxylic acids is 1. The van der Waals surface area contributed by atoms with Crippen LogP contribution in [0.4, 0.5) is 10.5 Å². The topological polar surface area (TPSA) is 59.6 Å². The van der Waals surface area contributed by atoms with Gasteiger partial charge in [-0.2, -0.15) is 0 Å². The predicted octanol–water partition coefficient (Wildman–Crippen LogP) is 1.99. The fourth-order valence-electron chi connectivity index (χ4n) is 3.33. The number of hydrazine groups is 1. The molecule has 6 nitrogen and oxygen atoms in total. The SMILES string of the molecule is CC1NNCC1CN1CCCN(C(=O)Nc2cccc(Cl)c2)CC1. The Balaban J connectivity index is 1.50. The summed E-state index contributed by atoms with van der Waals surface area (Å²) in [7, 11) is 0. The van der Waals surface area contributed by atoms with E-state index < -0.39 is 0 Å². The molecule has 0 radical (unpaired) electrons. The van der Waals surface area contributed by atoms with E-state index in [1.807, 2.05) is 17.0 Å². The first-order valence-electron chi connectivity index (χ1n) is 8.64. The molecule has 2 unspecified atom stereocenters. The molecule has 3 rings (SSSR count). The standard InChI is InChI=1S/C17H26ClN5O/c1-13-14(11-19-21-13)12-22-6-3-7-23(9-8-22)17(24)20-16-5-2-4-15(18)10-16/h2,4-5,10,13-14,19,21H,3,6-9,11-12H2,1H3,(H,20,24). The van der Waals surface area contributed by atoms with Gasteiger partial charge in [0, 0.05) is 55.4 Å². The smallest absolute Gasteiger partial charge is 0.321 e. The van der Waals surface area contributed by atoms with Crippen LogP contribution in [0.3, 0.4) is 0 Å². The van der Waals surface area contributed by atoms with E-state index in [4.69, 9.17) is 11.6 Å². The average Bonchev–Trinajstić information content (AvgIpc) is 2.81. The summed E-state index contributed by atoms with van der Waals surface area (Å²) in [5.41, 5.74) is 7.24. The summed E-state index contributed by atoms with van der Waals surface area (Å²) in [6.07, 6.45) is 1.00. The van der Waals surface area contributed by atoms with E-state index in [9.17, 15) is 4.79 Å². The fourth-order valence-corrected chi connectivity index (χ4v) is 3.52. The van der Waals surface area contributed by atoms with Crippen molar-refractivity contribution in [3.05, 3.63) is 29.3 Å². The molecule has 2 aliphatic rings. The highest BCUT2D eigenvalue weighted by molar-refractivity contribution is 6.30. The number of amides is 2. The fraction of sp³-hybridized carbons (Fsp3) is 0.588. The average molecular weight is 352 g/mol. The molecule has 2 aliphatic heterocycles. The lowest BCUT2D eigenvalue weighted by Crippen LogP contribution is -2.40. The van der Waals surface area contributed by atoms with Crippen molar-refractivity contribution in [2.45, 2.75) is 19.4 Å². The van der Waals surface area contributed by atoms with Crippen molar-refractivity contribution in [3.8, 4) is 0 Å². The Kier molecular flexibility index (Phi) is 5.94. The molecule has 2 atom stereocenters. The lowest BCUT2D eigenvalue weighted by molar-refractivity contribution is 0.207. The van der Waals surface area contributed by atoms with E-state index in [1.165, 1.54) is 0 Å². The van der Waals surface area contributed by atoms with Crippen LogP contribution in [-0.4, -0.2) is 61.1 Å². The zero-order chi connectivity index (χ0) is 16.9. The normalized spacial score (nSPS) is 25.5. The highest BCUT2D eigenvalue weighted by atomic mass is 35.5. The first kappa shape index (κ1) is 17.5. The monoisotopic (exact) mass is 351 g/mol. The molecular weight excluding hydrogens is 326 g/mol. The summed E-state index contributed by atoms with van der Waals surface area (Å²) in [6.45, 7) is 7.82. The van der Waals surface area contributed by atoms with Gasteiger partial charge in [-0.1, -0.05) is 17.7 Å². The Bertz CT molecular complexity index is 570. The van der Waals surface area contributed by atoms with Crippen LogP contribution in [0, 0.1) is 5.92 Å². The minimum atomic E-state index is -0.0447. The second-order valence-corrected chi connectivity index (χ2v) is 7.09. The lowest BCUT2D eigenvalue weighted by atomic mass is 10.0. The van der Waals surface area contributed by atoms with Crippen molar-refractivity contribution < 1.29 is 4.79 Å². The van der Waals surface area contributed by atoms with Crippen molar-refractivity contribution in [3.63, 3.8) is 0 Å². The summed E-state index contributed by atoms with van der Waals surface area (Å²) >= 11 is 5.97. The van der Waals surface area contributed by atoms with Gasteiger partial charge in [0.05, 0.1) is 0 Å². The van der Waals surface area contributed by atoms with E-state index in [0.29, 0.717) is 17.0 Å².